The molecule has 5 heteroatoms. The Labute approximate surface area is 91.0 Å². The minimum absolute atomic E-state index is 0.267. The second-order valence-electron chi connectivity index (χ2n) is 3.05. The highest BCUT2D eigenvalue weighted by molar-refractivity contribution is 5.75. The van der Waals surface area contributed by atoms with Gasteiger partial charge in [0, 0.05) is 7.11 Å². The molecular formula is C10H21NO4. The Kier molecular flexibility index (Phi) is 9.46. The second-order valence-corrected chi connectivity index (χ2v) is 3.05. The number of nitrogens with one attached hydrogen (secondary N) is 1. The minimum Gasteiger partial charge on any atom is -0.465 e. The van der Waals surface area contributed by atoms with Gasteiger partial charge in [0.1, 0.15) is 6.04 Å². The topological polar surface area (TPSA) is 56.8 Å². The number of esters is 1. The summed E-state index contributed by atoms with van der Waals surface area (Å²) in [7, 11) is 1.60. The number of carbonyl (C=O) groups is 1. The molecule has 1 atom stereocenters. The zero-order valence-corrected chi connectivity index (χ0v) is 9.75. The number of ether oxygens (including phenoxy) is 2. The standard InChI is InChI=1S/C10H21NO4/c1-4-6-9(10(12)14-5-2)11-15-8-7-13-3/h9,11H,4-8H2,1-3H3. The van der Waals surface area contributed by atoms with Gasteiger partial charge in [0.25, 0.3) is 0 Å². The Morgan fingerprint density at radius 1 is 1.33 bits per heavy atom. The molecule has 5 nitrogen and oxygen atoms in total. The lowest BCUT2D eigenvalue weighted by Gasteiger charge is -2.15. The normalized spacial score (nSPS) is 12.5. The smallest absolute Gasteiger partial charge is 0.325 e. The van der Waals surface area contributed by atoms with Crippen LogP contribution in [-0.2, 0) is 19.1 Å². The van der Waals surface area contributed by atoms with Crippen molar-refractivity contribution in [1.29, 1.82) is 0 Å². The van der Waals surface area contributed by atoms with Crippen LogP contribution in [0.3, 0.4) is 0 Å². The molecule has 0 aliphatic carbocycles. The monoisotopic (exact) mass is 219 g/mol. The predicted octanol–water partition coefficient (Wildman–Crippen LogP) is 0.886. The Morgan fingerprint density at radius 3 is 2.60 bits per heavy atom. The van der Waals surface area contributed by atoms with E-state index >= 15 is 0 Å². The van der Waals surface area contributed by atoms with Crippen molar-refractivity contribution in [2.24, 2.45) is 0 Å². The molecular weight excluding hydrogens is 198 g/mol. The third-order valence-corrected chi connectivity index (χ3v) is 1.76. The van der Waals surface area contributed by atoms with E-state index in [0.29, 0.717) is 26.2 Å². The predicted molar refractivity (Wildman–Crippen MR) is 56.3 cm³/mol. The molecule has 0 radical (unpaired) electrons. The second kappa shape index (κ2) is 9.89. The third kappa shape index (κ3) is 7.30. The first-order chi connectivity index (χ1) is 7.26. The fourth-order valence-corrected chi connectivity index (χ4v) is 1.04. The van der Waals surface area contributed by atoms with E-state index in [1.165, 1.54) is 0 Å². The molecule has 0 fully saturated rings. The van der Waals surface area contributed by atoms with E-state index < -0.39 is 0 Å². The van der Waals surface area contributed by atoms with Gasteiger partial charge in [-0.2, -0.15) is 5.48 Å². The lowest BCUT2D eigenvalue weighted by molar-refractivity contribution is -0.151. The lowest BCUT2D eigenvalue weighted by atomic mass is 10.2. The van der Waals surface area contributed by atoms with Crippen LogP contribution in [0.15, 0.2) is 0 Å². The number of hydroxylamine groups is 1. The molecule has 0 aromatic carbocycles. The summed E-state index contributed by atoms with van der Waals surface area (Å²) in [6.07, 6.45) is 1.59. The number of rotatable bonds is 9. The molecule has 1 unspecified atom stereocenters. The Bertz CT molecular complexity index is 164. The average Bonchev–Trinajstić information content (AvgIpc) is 2.23. The number of hydrogen-bond donors (Lipinski definition) is 1. The molecule has 0 aliphatic rings. The van der Waals surface area contributed by atoms with Crippen molar-refractivity contribution in [2.75, 3.05) is 26.9 Å². The highest BCUT2D eigenvalue weighted by Gasteiger charge is 2.18. The molecule has 0 saturated heterocycles. The van der Waals surface area contributed by atoms with Crippen molar-refractivity contribution in [2.45, 2.75) is 32.7 Å². The van der Waals surface area contributed by atoms with Crippen molar-refractivity contribution in [3.05, 3.63) is 0 Å². The molecule has 0 bridgehead atoms. The van der Waals surface area contributed by atoms with Crippen LogP contribution in [0.2, 0.25) is 0 Å². The molecule has 0 aromatic heterocycles. The average molecular weight is 219 g/mol. The molecule has 0 spiro atoms. The summed E-state index contributed by atoms with van der Waals surface area (Å²) in [5, 5.41) is 0. The molecule has 0 heterocycles. The van der Waals surface area contributed by atoms with Crippen LogP contribution in [0.25, 0.3) is 0 Å². The molecule has 90 valence electrons. The molecule has 0 rings (SSSR count). The van der Waals surface area contributed by atoms with Crippen LogP contribution in [0.1, 0.15) is 26.7 Å². The summed E-state index contributed by atoms with van der Waals surface area (Å²) in [4.78, 5) is 16.5. The van der Waals surface area contributed by atoms with Crippen molar-refractivity contribution in [1.82, 2.24) is 5.48 Å². The summed E-state index contributed by atoms with van der Waals surface area (Å²) in [5.74, 6) is -0.267. The van der Waals surface area contributed by atoms with Crippen molar-refractivity contribution < 1.29 is 19.1 Å². The van der Waals surface area contributed by atoms with Crippen LogP contribution in [0.4, 0.5) is 0 Å². The quantitative estimate of drug-likeness (QED) is 0.354. The highest BCUT2D eigenvalue weighted by atomic mass is 16.7. The van der Waals surface area contributed by atoms with Crippen molar-refractivity contribution >= 4 is 5.97 Å². The van der Waals surface area contributed by atoms with Gasteiger partial charge in [-0.15, -0.1) is 0 Å². The summed E-state index contributed by atoms with van der Waals surface area (Å²) in [5.41, 5.74) is 2.69. The molecule has 0 aromatic rings. The summed E-state index contributed by atoms with van der Waals surface area (Å²) in [6, 6.07) is -0.383. The Morgan fingerprint density at radius 2 is 2.07 bits per heavy atom. The van der Waals surface area contributed by atoms with Crippen molar-refractivity contribution in [3.63, 3.8) is 0 Å². The largest absolute Gasteiger partial charge is 0.465 e. The maximum atomic E-state index is 11.4. The molecule has 0 aliphatic heterocycles. The number of methoxy groups -OCH3 is 1. The van der Waals surface area contributed by atoms with E-state index in [0.717, 1.165) is 6.42 Å². The van der Waals surface area contributed by atoms with Crippen LogP contribution in [-0.4, -0.2) is 38.9 Å². The highest BCUT2D eigenvalue weighted by Crippen LogP contribution is 1.99. The summed E-state index contributed by atoms with van der Waals surface area (Å²) in [6.45, 7) is 5.08. The van der Waals surface area contributed by atoms with Crippen LogP contribution < -0.4 is 5.48 Å². The maximum absolute atomic E-state index is 11.4. The SMILES string of the molecule is CCCC(NOCCOC)C(=O)OCC. The number of carbonyl (C=O) groups excluding carboxylic acids is 1. The van der Waals surface area contributed by atoms with Gasteiger partial charge in [-0.3, -0.25) is 9.63 Å². The third-order valence-electron chi connectivity index (χ3n) is 1.76. The van der Waals surface area contributed by atoms with E-state index in [4.69, 9.17) is 14.3 Å². The Balaban J connectivity index is 3.76. The fourth-order valence-electron chi connectivity index (χ4n) is 1.04. The van der Waals surface area contributed by atoms with Gasteiger partial charge in [-0.25, -0.2) is 0 Å². The molecule has 0 saturated carbocycles. The van der Waals surface area contributed by atoms with Crippen LogP contribution >= 0.6 is 0 Å². The van der Waals surface area contributed by atoms with E-state index in [1.54, 1.807) is 14.0 Å². The van der Waals surface area contributed by atoms with E-state index in [2.05, 4.69) is 5.48 Å². The van der Waals surface area contributed by atoms with E-state index in [9.17, 15) is 4.79 Å². The van der Waals surface area contributed by atoms with Gasteiger partial charge in [0.2, 0.25) is 0 Å². The van der Waals surface area contributed by atoms with Gasteiger partial charge in [-0.1, -0.05) is 13.3 Å². The van der Waals surface area contributed by atoms with Gasteiger partial charge < -0.3 is 9.47 Å². The van der Waals surface area contributed by atoms with Gasteiger partial charge in [0.15, 0.2) is 0 Å². The summed E-state index contributed by atoms with van der Waals surface area (Å²) < 4.78 is 9.71. The summed E-state index contributed by atoms with van der Waals surface area (Å²) >= 11 is 0. The van der Waals surface area contributed by atoms with E-state index in [1.807, 2.05) is 6.92 Å². The van der Waals surface area contributed by atoms with Crippen LogP contribution in [0, 0.1) is 0 Å². The van der Waals surface area contributed by atoms with Crippen LogP contribution in [0.5, 0.6) is 0 Å². The maximum Gasteiger partial charge on any atom is 0.325 e. The van der Waals surface area contributed by atoms with Gasteiger partial charge in [-0.05, 0) is 13.3 Å². The first-order valence-corrected chi connectivity index (χ1v) is 5.29. The minimum atomic E-state index is -0.383. The Hall–Kier alpha value is -0.650. The first kappa shape index (κ1) is 14.3. The number of hydrogen-bond acceptors (Lipinski definition) is 5. The molecule has 1 N–H and O–H groups in total. The zero-order chi connectivity index (χ0) is 11.5. The van der Waals surface area contributed by atoms with Crippen molar-refractivity contribution in [3.8, 4) is 0 Å². The lowest BCUT2D eigenvalue weighted by Crippen LogP contribution is -2.38. The molecule has 0 amide bonds. The first-order valence-electron chi connectivity index (χ1n) is 5.29. The molecule has 15 heavy (non-hydrogen) atoms. The zero-order valence-electron chi connectivity index (χ0n) is 9.75. The van der Waals surface area contributed by atoms with Gasteiger partial charge >= 0.3 is 5.97 Å². The fraction of sp³-hybridized carbons (Fsp3) is 0.900. The van der Waals surface area contributed by atoms with Gasteiger partial charge in [0.05, 0.1) is 19.8 Å². The van der Waals surface area contributed by atoms with E-state index in [-0.39, 0.29) is 12.0 Å².